The zero-order valence-electron chi connectivity index (χ0n) is 9.54. The van der Waals surface area contributed by atoms with Gasteiger partial charge in [-0.3, -0.25) is 9.59 Å². The minimum atomic E-state index is -0.968. The molecule has 15 heavy (non-hydrogen) atoms. The smallest absolute Gasteiger partial charge is 0.317 e. The maximum atomic E-state index is 11.1. The van der Waals surface area contributed by atoms with Gasteiger partial charge in [0.15, 0.2) is 0 Å². The van der Waals surface area contributed by atoms with Crippen molar-refractivity contribution in [1.82, 2.24) is 5.32 Å². The minimum absolute atomic E-state index is 0.0537. The van der Waals surface area contributed by atoms with Crippen LogP contribution in [0.2, 0.25) is 0 Å². The lowest BCUT2D eigenvalue weighted by Crippen LogP contribution is -2.37. The molecule has 0 saturated heterocycles. The summed E-state index contributed by atoms with van der Waals surface area (Å²) in [5, 5.41) is 10.3. The van der Waals surface area contributed by atoms with Crippen LogP contribution in [0.5, 0.6) is 0 Å². The molecule has 0 radical (unpaired) electrons. The van der Waals surface area contributed by atoms with E-state index in [0.29, 0.717) is 13.1 Å². The van der Waals surface area contributed by atoms with Gasteiger partial charge in [-0.15, -0.1) is 0 Å². The first-order valence-corrected chi connectivity index (χ1v) is 4.66. The monoisotopic (exact) mass is 219 g/mol. The zero-order chi connectivity index (χ0) is 12.5. The van der Waals surface area contributed by atoms with Gasteiger partial charge < -0.3 is 21.9 Å². The van der Waals surface area contributed by atoms with Crippen LogP contribution in [0.3, 0.4) is 0 Å². The van der Waals surface area contributed by atoms with Crippen LogP contribution in [0.15, 0.2) is 0 Å². The maximum Gasteiger partial charge on any atom is 0.317 e. The van der Waals surface area contributed by atoms with Crippen molar-refractivity contribution >= 4 is 11.9 Å². The molecular formula is C9H21N3O3. The Morgan fingerprint density at radius 3 is 1.87 bits per heavy atom. The fourth-order valence-electron chi connectivity index (χ4n) is 0.451. The van der Waals surface area contributed by atoms with Gasteiger partial charge in [0.05, 0.1) is 6.54 Å². The highest BCUT2D eigenvalue weighted by Gasteiger charge is 2.19. The number of carbonyl (C=O) groups is 2. The van der Waals surface area contributed by atoms with Crippen LogP contribution in [0.25, 0.3) is 0 Å². The molecule has 0 heterocycles. The van der Waals surface area contributed by atoms with Crippen LogP contribution in [0, 0.1) is 5.41 Å². The molecule has 0 spiro atoms. The van der Waals surface area contributed by atoms with Gasteiger partial charge >= 0.3 is 5.97 Å². The average molecular weight is 219 g/mol. The number of carboxylic acid groups (broad SMARTS) is 1. The highest BCUT2D eigenvalue weighted by Crippen LogP contribution is 2.11. The predicted molar refractivity (Wildman–Crippen MR) is 58.2 cm³/mol. The van der Waals surface area contributed by atoms with Crippen LogP contribution in [-0.2, 0) is 9.59 Å². The van der Waals surface area contributed by atoms with Crippen molar-refractivity contribution in [2.75, 3.05) is 19.6 Å². The van der Waals surface area contributed by atoms with Crippen LogP contribution < -0.4 is 16.8 Å². The second-order valence-corrected chi connectivity index (χ2v) is 3.89. The average Bonchev–Trinajstić information content (AvgIpc) is 2.13. The van der Waals surface area contributed by atoms with E-state index >= 15 is 0 Å². The number of carbonyl (C=O) groups excluding carboxylic acids is 1. The Labute approximate surface area is 90.0 Å². The summed E-state index contributed by atoms with van der Waals surface area (Å²) < 4.78 is 0. The van der Waals surface area contributed by atoms with E-state index in [0.717, 1.165) is 0 Å². The van der Waals surface area contributed by atoms with Crippen molar-refractivity contribution in [2.24, 2.45) is 16.9 Å². The predicted octanol–water partition coefficient (Wildman–Crippen LogP) is -0.863. The number of hydrogen-bond acceptors (Lipinski definition) is 4. The molecule has 0 aromatic rings. The van der Waals surface area contributed by atoms with Gasteiger partial charge in [-0.25, -0.2) is 0 Å². The van der Waals surface area contributed by atoms with E-state index in [9.17, 15) is 9.59 Å². The van der Waals surface area contributed by atoms with Gasteiger partial charge in [-0.05, 0) is 0 Å². The first-order chi connectivity index (χ1) is 6.75. The molecule has 6 nitrogen and oxygen atoms in total. The normalized spacial score (nSPS) is 9.93. The summed E-state index contributed by atoms with van der Waals surface area (Å²) in [5.41, 5.74) is 9.48. The molecule has 90 valence electrons. The summed E-state index contributed by atoms with van der Waals surface area (Å²) in [4.78, 5) is 20.3. The standard InChI is InChI=1S/C7H16N2O.C2H5NO2/c1-7(2,3)6(10)9-5-4-8;3-1-2(4)5/h4-5,8H2,1-3H3,(H,9,10);1,3H2,(H,4,5). The summed E-state index contributed by atoms with van der Waals surface area (Å²) in [7, 11) is 0. The molecule has 0 aliphatic heterocycles. The Morgan fingerprint density at radius 1 is 1.27 bits per heavy atom. The van der Waals surface area contributed by atoms with E-state index in [2.05, 4.69) is 11.1 Å². The van der Waals surface area contributed by atoms with E-state index in [-0.39, 0.29) is 17.9 Å². The summed E-state index contributed by atoms with van der Waals surface area (Å²) in [6.45, 7) is 6.41. The lowest BCUT2D eigenvalue weighted by Gasteiger charge is -2.16. The molecule has 0 bridgehead atoms. The largest absolute Gasteiger partial charge is 0.480 e. The van der Waals surface area contributed by atoms with E-state index < -0.39 is 5.97 Å². The SMILES string of the molecule is CC(C)(C)C(=O)NCCN.NCC(=O)O. The fraction of sp³-hybridized carbons (Fsp3) is 0.778. The van der Waals surface area contributed by atoms with Gasteiger partial charge in [-0.1, -0.05) is 20.8 Å². The number of hydrogen-bond donors (Lipinski definition) is 4. The number of carboxylic acids is 1. The number of nitrogens with two attached hydrogens (primary N) is 2. The third-order valence-electron chi connectivity index (χ3n) is 1.29. The van der Waals surface area contributed by atoms with Crippen molar-refractivity contribution in [3.8, 4) is 0 Å². The lowest BCUT2D eigenvalue weighted by atomic mass is 9.96. The van der Waals surface area contributed by atoms with Gasteiger partial charge in [0.25, 0.3) is 0 Å². The van der Waals surface area contributed by atoms with E-state index in [1.807, 2.05) is 20.8 Å². The lowest BCUT2D eigenvalue weighted by molar-refractivity contribution is -0.135. The van der Waals surface area contributed by atoms with E-state index in [1.54, 1.807) is 0 Å². The van der Waals surface area contributed by atoms with Crippen LogP contribution in [0.1, 0.15) is 20.8 Å². The third kappa shape index (κ3) is 12.9. The molecule has 0 saturated carbocycles. The van der Waals surface area contributed by atoms with Gasteiger partial charge in [0.1, 0.15) is 0 Å². The third-order valence-corrected chi connectivity index (χ3v) is 1.29. The summed E-state index contributed by atoms with van der Waals surface area (Å²) >= 11 is 0. The van der Waals surface area contributed by atoms with Gasteiger partial charge in [0, 0.05) is 18.5 Å². The fourth-order valence-corrected chi connectivity index (χ4v) is 0.451. The molecule has 0 aliphatic rings. The van der Waals surface area contributed by atoms with Crippen molar-refractivity contribution in [1.29, 1.82) is 0 Å². The Hall–Kier alpha value is -1.14. The van der Waals surface area contributed by atoms with Crippen molar-refractivity contribution in [2.45, 2.75) is 20.8 Å². The van der Waals surface area contributed by atoms with Crippen molar-refractivity contribution < 1.29 is 14.7 Å². The summed E-state index contributed by atoms with van der Waals surface area (Å²) in [5.74, 6) is -0.914. The molecular weight excluding hydrogens is 198 g/mol. The van der Waals surface area contributed by atoms with Gasteiger partial charge in [-0.2, -0.15) is 0 Å². The molecule has 6 N–H and O–H groups in total. The Balaban J connectivity index is 0. The first-order valence-electron chi connectivity index (χ1n) is 4.66. The zero-order valence-corrected chi connectivity index (χ0v) is 9.54. The summed E-state index contributed by atoms with van der Waals surface area (Å²) in [6.07, 6.45) is 0. The van der Waals surface area contributed by atoms with E-state index in [1.165, 1.54) is 0 Å². The topological polar surface area (TPSA) is 118 Å². The number of aliphatic carboxylic acids is 1. The highest BCUT2D eigenvalue weighted by atomic mass is 16.4. The quantitative estimate of drug-likeness (QED) is 0.492. The Kier molecular flexibility index (Phi) is 8.90. The van der Waals surface area contributed by atoms with E-state index in [4.69, 9.17) is 10.8 Å². The second-order valence-electron chi connectivity index (χ2n) is 3.89. The highest BCUT2D eigenvalue weighted by molar-refractivity contribution is 5.81. The second kappa shape index (κ2) is 8.19. The molecule has 0 aromatic carbocycles. The molecule has 0 fully saturated rings. The van der Waals surface area contributed by atoms with Gasteiger partial charge in [0.2, 0.25) is 5.91 Å². The molecule has 0 rings (SSSR count). The molecule has 0 aromatic heterocycles. The van der Waals surface area contributed by atoms with Crippen LogP contribution in [0.4, 0.5) is 0 Å². The maximum absolute atomic E-state index is 11.1. The number of amides is 1. The van der Waals surface area contributed by atoms with Crippen LogP contribution in [-0.4, -0.2) is 36.6 Å². The first kappa shape index (κ1) is 16.3. The molecule has 0 unspecified atom stereocenters. The van der Waals surface area contributed by atoms with Crippen molar-refractivity contribution in [3.05, 3.63) is 0 Å². The Bertz CT molecular complexity index is 199. The van der Waals surface area contributed by atoms with Crippen LogP contribution >= 0.6 is 0 Å². The number of nitrogens with one attached hydrogen (secondary N) is 1. The minimum Gasteiger partial charge on any atom is -0.480 e. The molecule has 6 heteroatoms. The molecule has 0 aliphatic carbocycles. The molecule has 1 amide bonds. The Morgan fingerprint density at radius 2 is 1.67 bits per heavy atom. The summed E-state index contributed by atoms with van der Waals surface area (Å²) in [6, 6.07) is 0. The van der Waals surface area contributed by atoms with Crippen molar-refractivity contribution in [3.63, 3.8) is 0 Å². The number of rotatable bonds is 3. The molecule has 0 atom stereocenters.